The molecule has 0 fully saturated rings. The molecule has 1 aromatic carbocycles. The van der Waals surface area contributed by atoms with Crippen LogP contribution >= 0.6 is 27.5 Å². The van der Waals surface area contributed by atoms with Gasteiger partial charge in [-0.05, 0) is 35.0 Å². The van der Waals surface area contributed by atoms with E-state index in [9.17, 15) is 18.0 Å². The van der Waals surface area contributed by atoms with Crippen LogP contribution in [0.3, 0.4) is 0 Å². The number of ether oxygens (including phenoxy) is 1. The Kier molecular flexibility index (Phi) is 4.43. The van der Waals surface area contributed by atoms with Gasteiger partial charge in [-0.3, -0.25) is 0 Å². The number of hydrogen-bond donors (Lipinski definition) is 0. The second-order valence-corrected chi connectivity index (χ2v) is 4.20. The van der Waals surface area contributed by atoms with E-state index >= 15 is 0 Å². The predicted molar refractivity (Wildman–Crippen MR) is 60.1 cm³/mol. The summed E-state index contributed by atoms with van der Waals surface area (Å²) in [6, 6.07) is 1.82. The van der Waals surface area contributed by atoms with E-state index in [1.807, 2.05) is 0 Å². The first-order valence-electron chi connectivity index (χ1n) is 4.51. The Labute approximate surface area is 109 Å². The summed E-state index contributed by atoms with van der Waals surface area (Å²) >= 11 is 8.52. The molecule has 0 saturated carbocycles. The summed E-state index contributed by atoms with van der Waals surface area (Å²) in [5.74, 6) is -1.06. The molecule has 0 aromatic heterocycles. The predicted octanol–water partition coefficient (Wildman–Crippen LogP) is 4.30. The number of esters is 1. The molecule has 0 saturated heterocycles. The second-order valence-electron chi connectivity index (χ2n) is 3.00. The Balaban J connectivity index is 3.42. The Morgan fingerprint density at radius 2 is 2.06 bits per heavy atom. The Morgan fingerprint density at radius 3 is 2.53 bits per heavy atom. The van der Waals surface area contributed by atoms with E-state index in [4.69, 9.17) is 11.6 Å². The van der Waals surface area contributed by atoms with E-state index in [1.165, 1.54) is 6.92 Å². The number of carbonyl (C=O) groups is 1. The first-order valence-corrected chi connectivity index (χ1v) is 5.68. The molecule has 0 aliphatic heterocycles. The average molecular weight is 332 g/mol. The van der Waals surface area contributed by atoms with Crippen molar-refractivity contribution in [1.82, 2.24) is 0 Å². The normalized spacial score (nSPS) is 11.4. The maximum Gasteiger partial charge on any atom is 0.417 e. The van der Waals surface area contributed by atoms with Crippen molar-refractivity contribution >= 4 is 33.5 Å². The molecule has 0 bridgehead atoms. The first kappa shape index (κ1) is 14.3. The van der Waals surface area contributed by atoms with E-state index in [-0.39, 0.29) is 16.1 Å². The highest BCUT2D eigenvalue weighted by Crippen LogP contribution is 2.38. The van der Waals surface area contributed by atoms with Gasteiger partial charge >= 0.3 is 12.1 Å². The summed E-state index contributed by atoms with van der Waals surface area (Å²) in [5.41, 5.74) is -1.68. The third kappa shape index (κ3) is 3.13. The lowest BCUT2D eigenvalue weighted by Gasteiger charge is -2.14. The lowest BCUT2D eigenvalue weighted by Crippen LogP contribution is -2.16. The molecule has 0 N–H and O–H groups in total. The van der Waals surface area contributed by atoms with Gasteiger partial charge in [0.25, 0.3) is 0 Å². The van der Waals surface area contributed by atoms with E-state index in [0.717, 1.165) is 12.1 Å². The number of halogens is 5. The molecule has 0 aliphatic rings. The van der Waals surface area contributed by atoms with Crippen LogP contribution in [0.15, 0.2) is 16.6 Å². The molecular weight excluding hydrogens is 324 g/mol. The van der Waals surface area contributed by atoms with Crippen LogP contribution < -0.4 is 0 Å². The Hall–Kier alpha value is -0.750. The minimum absolute atomic E-state index is 0.0149. The first-order chi connectivity index (χ1) is 7.79. The van der Waals surface area contributed by atoms with Gasteiger partial charge in [-0.1, -0.05) is 11.6 Å². The highest BCUT2D eigenvalue weighted by atomic mass is 79.9. The van der Waals surface area contributed by atoms with Gasteiger partial charge in [0.2, 0.25) is 0 Å². The van der Waals surface area contributed by atoms with Gasteiger partial charge in [-0.25, -0.2) is 4.79 Å². The molecule has 0 aliphatic carbocycles. The molecule has 1 aromatic rings. The third-order valence-corrected chi connectivity index (χ3v) is 3.25. The topological polar surface area (TPSA) is 26.3 Å². The lowest BCUT2D eigenvalue weighted by molar-refractivity contribution is -0.138. The van der Waals surface area contributed by atoms with Crippen molar-refractivity contribution in [2.75, 3.05) is 6.61 Å². The van der Waals surface area contributed by atoms with Crippen LogP contribution in [-0.4, -0.2) is 12.6 Å². The van der Waals surface area contributed by atoms with Gasteiger partial charge in [0, 0.05) is 0 Å². The second kappa shape index (κ2) is 5.27. The van der Waals surface area contributed by atoms with Crippen molar-refractivity contribution in [3.05, 3.63) is 32.8 Å². The quantitative estimate of drug-likeness (QED) is 0.755. The molecule has 0 amide bonds. The van der Waals surface area contributed by atoms with Crippen molar-refractivity contribution in [1.29, 1.82) is 0 Å². The van der Waals surface area contributed by atoms with Gasteiger partial charge in [0.1, 0.15) is 0 Å². The fourth-order valence-electron chi connectivity index (χ4n) is 1.19. The van der Waals surface area contributed by atoms with Gasteiger partial charge in [0.05, 0.1) is 27.2 Å². The molecular formula is C10H7BrClF3O2. The fraction of sp³-hybridized carbons (Fsp3) is 0.300. The lowest BCUT2D eigenvalue weighted by atomic mass is 10.1. The summed E-state index contributed by atoms with van der Waals surface area (Å²) in [4.78, 5) is 11.5. The molecule has 0 atom stereocenters. The molecule has 17 heavy (non-hydrogen) atoms. The van der Waals surface area contributed by atoms with Gasteiger partial charge in [-0.15, -0.1) is 0 Å². The molecule has 1 rings (SSSR count). The van der Waals surface area contributed by atoms with Crippen molar-refractivity contribution in [2.24, 2.45) is 0 Å². The zero-order chi connectivity index (χ0) is 13.2. The van der Waals surface area contributed by atoms with Crippen molar-refractivity contribution < 1.29 is 22.7 Å². The fourth-order valence-corrected chi connectivity index (χ4v) is 1.85. The minimum Gasteiger partial charge on any atom is -0.462 e. The van der Waals surface area contributed by atoms with Crippen molar-refractivity contribution in [2.45, 2.75) is 13.1 Å². The van der Waals surface area contributed by atoms with E-state index in [0.29, 0.717) is 0 Å². The zero-order valence-electron chi connectivity index (χ0n) is 8.57. The van der Waals surface area contributed by atoms with Gasteiger partial charge < -0.3 is 4.74 Å². The maximum atomic E-state index is 12.7. The summed E-state index contributed by atoms with van der Waals surface area (Å²) in [5, 5.41) is 0.0149. The molecule has 0 unspecified atom stereocenters. The molecule has 0 radical (unpaired) electrons. The SMILES string of the molecule is CCOC(=O)c1c(C(F)(F)F)ccc(Cl)c1Br. The van der Waals surface area contributed by atoms with Crippen molar-refractivity contribution in [3.63, 3.8) is 0 Å². The molecule has 94 valence electrons. The Morgan fingerprint density at radius 1 is 1.47 bits per heavy atom. The van der Waals surface area contributed by atoms with Crippen LogP contribution in [-0.2, 0) is 10.9 Å². The maximum absolute atomic E-state index is 12.7. The largest absolute Gasteiger partial charge is 0.462 e. The number of carbonyl (C=O) groups excluding carboxylic acids is 1. The van der Waals surface area contributed by atoms with Crippen LogP contribution in [0.25, 0.3) is 0 Å². The monoisotopic (exact) mass is 330 g/mol. The molecule has 7 heteroatoms. The average Bonchev–Trinajstić information content (AvgIpc) is 2.20. The van der Waals surface area contributed by atoms with Crippen LogP contribution in [0.5, 0.6) is 0 Å². The van der Waals surface area contributed by atoms with E-state index < -0.39 is 23.3 Å². The summed E-state index contributed by atoms with van der Waals surface area (Å²) in [7, 11) is 0. The van der Waals surface area contributed by atoms with Crippen molar-refractivity contribution in [3.8, 4) is 0 Å². The van der Waals surface area contributed by atoms with Gasteiger partial charge in [0.15, 0.2) is 0 Å². The smallest absolute Gasteiger partial charge is 0.417 e. The minimum atomic E-state index is -4.64. The third-order valence-electron chi connectivity index (χ3n) is 1.88. The number of benzene rings is 1. The summed E-state index contributed by atoms with van der Waals surface area (Å²) < 4.78 is 42.5. The molecule has 0 heterocycles. The van der Waals surface area contributed by atoms with Gasteiger partial charge in [-0.2, -0.15) is 13.2 Å². The van der Waals surface area contributed by atoms with Crippen LogP contribution in [0, 0.1) is 0 Å². The molecule has 2 nitrogen and oxygen atoms in total. The number of alkyl halides is 3. The molecule has 0 spiro atoms. The van der Waals surface area contributed by atoms with E-state index in [2.05, 4.69) is 20.7 Å². The number of rotatable bonds is 2. The summed E-state index contributed by atoms with van der Waals surface area (Å²) in [6.45, 7) is 1.48. The van der Waals surface area contributed by atoms with Crippen LogP contribution in [0.4, 0.5) is 13.2 Å². The Bertz CT molecular complexity index is 446. The summed E-state index contributed by atoms with van der Waals surface area (Å²) in [6.07, 6.45) is -4.64. The highest BCUT2D eigenvalue weighted by molar-refractivity contribution is 9.10. The zero-order valence-corrected chi connectivity index (χ0v) is 10.9. The highest BCUT2D eigenvalue weighted by Gasteiger charge is 2.37. The van der Waals surface area contributed by atoms with Crippen LogP contribution in [0.2, 0.25) is 5.02 Å². The standard InChI is InChI=1S/C10H7BrClF3O2/c1-2-17-9(16)7-5(10(13,14)15)3-4-6(12)8(7)11/h3-4H,2H2,1H3. The van der Waals surface area contributed by atoms with Crippen LogP contribution in [0.1, 0.15) is 22.8 Å². The number of hydrogen-bond acceptors (Lipinski definition) is 2. The van der Waals surface area contributed by atoms with E-state index in [1.54, 1.807) is 0 Å².